The second-order valence-corrected chi connectivity index (χ2v) is 7.66. The summed E-state index contributed by atoms with van der Waals surface area (Å²) < 4.78 is 7.86. The number of hydrogen-bond donors (Lipinski definition) is 0. The van der Waals surface area contributed by atoms with Crippen molar-refractivity contribution >= 4 is 56.8 Å². The molecule has 0 aliphatic rings. The van der Waals surface area contributed by atoms with Crippen LogP contribution in [0.4, 0.5) is 0 Å². The average Bonchev–Trinajstić information content (AvgIpc) is 2.56. The van der Waals surface area contributed by atoms with Crippen molar-refractivity contribution in [3.8, 4) is 17.9 Å². The molecule has 0 aliphatic carbocycles. The molecule has 0 radical (unpaired) electrons. The maximum absolute atomic E-state index is 9.47. The minimum absolute atomic E-state index is 0.113. The van der Waals surface area contributed by atoms with Crippen molar-refractivity contribution in [2.75, 3.05) is 0 Å². The van der Waals surface area contributed by atoms with Gasteiger partial charge in [0.15, 0.2) is 0 Å². The number of benzene rings is 2. The molecule has 0 spiro atoms. The number of nitriles is 2. The molecule has 0 bridgehead atoms. The number of hydrogen-bond acceptors (Lipinski definition) is 3. The molecule has 2 rings (SSSR count). The van der Waals surface area contributed by atoms with Crippen LogP contribution in [0.3, 0.4) is 0 Å². The molecule has 0 fully saturated rings. The van der Waals surface area contributed by atoms with Gasteiger partial charge in [-0.15, -0.1) is 0 Å². The summed E-state index contributed by atoms with van der Waals surface area (Å²) >= 11 is 4.50. The molecule has 0 saturated heterocycles. The lowest BCUT2D eigenvalue weighted by Gasteiger charge is -2.14. The molecule has 0 aromatic heterocycles. The van der Waals surface area contributed by atoms with Gasteiger partial charge in [-0.05, 0) is 100 Å². The van der Waals surface area contributed by atoms with Gasteiger partial charge in [0.25, 0.3) is 0 Å². The minimum atomic E-state index is 0.113. The largest absolute Gasteiger partial charge is 0.489 e. The topological polar surface area (TPSA) is 56.8 Å². The fourth-order valence-corrected chi connectivity index (χ4v) is 4.15. The van der Waals surface area contributed by atoms with Crippen LogP contribution in [0.1, 0.15) is 30.5 Å². The number of halogens is 2. The Kier molecular flexibility index (Phi) is 6.64. The molecular weight excluding hydrogens is 526 g/mol. The molecule has 0 unspecified atom stereocenters. The highest BCUT2D eigenvalue weighted by atomic mass is 127. The lowest BCUT2D eigenvalue weighted by molar-refractivity contribution is 0.239. The number of allylic oxidation sites excluding steroid dienone is 1. The molecule has 120 valence electrons. The fraction of sp³-hybridized carbons (Fsp3) is 0.158. The van der Waals surface area contributed by atoms with Crippen molar-refractivity contribution in [2.24, 2.45) is 0 Å². The van der Waals surface area contributed by atoms with Gasteiger partial charge in [-0.25, -0.2) is 0 Å². The summed E-state index contributed by atoms with van der Waals surface area (Å²) in [5.74, 6) is 0.875. The molecule has 5 heteroatoms. The first kappa shape index (κ1) is 18.8. The van der Waals surface area contributed by atoms with E-state index in [4.69, 9.17) is 10.00 Å². The summed E-state index contributed by atoms with van der Waals surface area (Å²) in [7, 11) is 0. The Bertz CT molecular complexity index is 833. The standard InChI is InChI=1S/C19H14I2N2O/c1-12(2)24-19-17(20)8-14(9-18(19)21)7-16(11-23)15-5-3-13(10-22)4-6-15/h3-9,12H,1-2H3/b16-7-. The summed E-state index contributed by atoms with van der Waals surface area (Å²) in [6.07, 6.45) is 1.96. The molecule has 0 N–H and O–H groups in total. The van der Waals surface area contributed by atoms with Crippen LogP contribution >= 0.6 is 45.2 Å². The third kappa shape index (κ3) is 4.71. The van der Waals surface area contributed by atoms with Gasteiger partial charge in [-0.2, -0.15) is 10.5 Å². The molecule has 0 heterocycles. The van der Waals surface area contributed by atoms with E-state index in [2.05, 4.69) is 57.3 Å². The Morgan fingerprint density at radius 1 is 1.08 bits per heavy atom. The summed E-state index contributed by atoms with van der Waals surface area (Å²) in [5.41, 5.74) is 2.88. The quantitative estimate of drug-likeness (QED) is 0.288. The van der Waals surface area contributed by atoms with Crippen LogP contribution < -0.4 is 4.74 Å². The molecule has 3 nitrogen and oxygen atoms in total. The first-order chi connectivity index (χ1) is 11.4. The van der Waals surface area contributed by atoms with Crippen molar-refractivity contribution in [3.05, 3.63) is 60.2 Å². The molecule has 24 heavy (non-hydrogen) atoms. The van der Waals surface area contributed by atoms with Gasteiger partial charge in [-0.3, -0.25) is 0 Å². The van der Waals surface area contributed by atoms with Crippen molar-refractivity contribution in [3.63, 3.8) is 0 Å². The van der Waals surface area contributed by atoms with Crippen LogP contribution in [-0.4, -0.2) is 6.10 Å². The maximum Gasteiger partial charge on any atom is 0.146 e. The Hall–Kier alpha value is -1.58. The van der Waals surface area contributed by atoms with E-state index in [1.165, 1.54) is 0 Å². The molecule has 2 aromatic rings. The van der Waals surface area contributed by atoms with E-state index in [-0.39, 0.29) is 6.10 Å². The second-order valence-electron chi connectivity index (χ2n) is 5.34. The van der Waals surface area contributed by atoms with Crippen LogP contribution in [0.5, 0.6) is 5.75 Å². The monoisotopic (exact) mass is 540 g/mol. The minimum Gasteiger partial charge on any atom is -0.489 e. The Morgan fingerprint density at radius 3 is 2.12 bits per heavy atom. The van der Waals surface area contributed by atoms with Crippen LogP contribution in [0.2, 0.25) is 0 Å². The molecular formula is C19H14I2N2O. The SMILES string of the molecule is CC(C)Oc1c(I)cc(/C=C(/C#N)c2ccc(C#N)cc2)cc1I. The van der Waals surface area contributed by atoms with Gasteiger partial charge in [0, 0.05) is 0 Å². The highest BCUT2D eigenvalue weighted by molar-refractivity contribution is 14.1. The summed E-state index contributed by atoms with van der Waals surface area (Å²) in [5, 5.41) is 18.3. The first-order valence-electron chi connectivity index (χ1n) is 7.22. The zero-order valence-corrected chi connectivity index (χ0v) is 17.5. The summed E-state index contributed by atoms with van der Waals surface area (Å²) in [4.78, 5) is 0. The van der Waals surface area contributed by atoms with Crippen LogP contribution in [0.15, 0.2) is 36.4 Å². The molecule has 0 saturated carbocycles. The predicted molar refractivity (Wildman–Crippen MR) is 112 cm³/mol. The first-order valence-corrected chi connectivity index (χ1v) is 9.38. The zero-order valence-electron chi connectivity index (χ0n) is 13.2. The predicted octanol–water partition coefficient (Wildman–Crippen LogP) is 5.62. The normalized spacial score (nSPS) is 11.0. The third-order valence-electron chi connectivity index (χ3n) is 3.13. The second kappa shape index (κ2) is 8.50. The highest BCUT2D eigenvalue weighted by Crippen LogP contribution is 2.31. The Morgan fingerprint density at radius 2 is 1.67 bits per heavy atom. The summed E-state index contributed by atoms with van der Waals surface area (Å²) in [6, 6.07) is 15.3. The fourth-order valence-electron chi connectivity index (χ4n) is 2.08. The van der Waals surface area contributed by atoms with E-state index in [0.29, 0.717) is 11.1 Å². The van der Waals surface area contributed by atoms with E-state index in [9.17, 15) is 5.26 Å². The van der Waals surface area contributed by atoms with Gasteiger partial charge >= 0.3 is 0 Å². The van der Waals surface area contributed by atoms with E-state index in [1.807, 2.05) is 32.1 Å². The van der Waals surface area contributed by atoms with Gasteiger partial charge in [0.1, 0.15) is 5.75 Å². The van der Waals surface area contributed by atoms with Crippen molar-refractivity contribution in [1.29, 1.82) is 10.5 Å². The van der Waals surface area contributed by atoms with Gasteiger partial charge in [0.05, 0.1) is 36.5 Å². The lowest BCUT2D eigenvalue weighted by Crippen LogP contribution is -2.08. The van der Waals surface area contributed by atoms with Gasteiger partial charge in [0.2, 0.25) is 0 Å². The van der Waals surface area contributed by atoms with E-state index in [0.717, 1.165) is 24.0 Å². The number of nitrogens with zero attached hydrogens (tertiary/aromatic N) is 2. The van der Waals surface area contributed by atoms with Crippen LogP contribution in [0, 0.1) is 29.8 Å². The van der Waals surface area contributed by atoms with Gasteiger partial charge < -0.3 is 4.74 Å². The van der Waals surface area contributed by atoms with Crippen LogP contribution in [-0.2, 0) is 0 Å². The smallest absolute Gasteiger partial charge is 0.146 e. The van der Waals surface area contributed by atoms with E-state index < -0.39 is 0 Å². The number of rotatable bonds is 4. The summed E-state index contributed by atoms with van der Waals surface area (Å²) in [6.45, 7) is 4.00. The molecule has 0 aliphatic heterocycles. The Balaban J connectivity index is 2.41. The number of ether oxygens (including phenoxy) is 1. The van der Waals surface area contributed by atoms with E-state index in [1.54, 1.807) is 24.3 Å². The van der Waals surface area contributed by atoms with Gasteiger partial charge in [-0.1, -0.05) is 12.1 Å². The lowest BCUT2D eigenvalue weighted by atomic mass is 10.0. The Labute approximate surface area is 169 Å². The highest BCUT2D eigenvalue weighted by Gasteiger charge is 2.10. The van der Waals surface area contributed by atoms with Crippen molar-refractivity contribution in [2.45, 2.75) is 20.0 Å². The zero-order chi connectivity index (χ0) is 17.7. The van der Waals surface area contributed by atoms with Crippen molar-refractivity contribution < 1.29 is 4.74 Å². The van der Waals surface area contributed by atoms with E-state index >= 15 is 0 Å². The average molecular weight is 540 g/mol. The maximum atomic E-state index is 9.47. The molecule has 0 atom stereocenters. The third-order valence-corrected chi connectivity index (χ3v) is 4.73. The molecule has 2 aromatic carbocycles. The van der Waals surface area contributed by atoms with Crippen molar-refractivity contribution in [1.82, 2.24) is 0 Å². The van der Waals surface area contributed by atoms with Crippen LogP contribution in [0.25, 0.3) is 11.6 Å². The molecule has 0 amide bonds.